The predicted octanol–water partition coefficient (Wildman–Crippen LogP) is 3.00. The molecule has 0 unspecified atom stereocenters. The van der Waals surface area contributed by atoms with Gasteiger partial charge in [0.1, 0.15) is 5.69 Å². The lowest BCUT2D eigenvalue weighted by Crippen LogP contribution is -2.12. The number of nitrogen functional groups attached to an aromatic ring is 1. The van der Waals surface area contributed by atoms with E-state index < -0.39 is 11.9 Å². The SMILES string of the molecule is Cc1c(N)cccc1CNc1nccc(C(F)(F)F)n1. The van der Waals surface area contributed by atoms with Crippen LogP contribution in [0.25, 0.3) is 0 Å². The summed E-state index contributed by atoms with van der Waals surface area (Å²) in [5.74, 6) is -0.0679. The predicted molar refractivity (Wildman–Crippen MR) is 70.0 cm³/mol. The number of nitrogens with one attached hydrogen (secondary N) is 1. The van der Waals surface area contributed by atoms with E-state index in [0.29, 0.717) is 12.2 Å². The summed E-state index contributed by atoms with van der Waals surface area (Å²) in [6.45, 7) is 2.15. The van der Waals surface area contributed by atoms with Crippen LogP contribution in [0.2, 0.25) is 0 Å². The summed E-state index contributed by atoms with van der Waals surface area (Å²) in [4.78, 5) is 7.20. The van der Waals surface area contributed by atoms with E-state index in [1.807, 2.05) is 13.0 Å². The van der Waals surface area contributed by atoms with Gasteiger partial charge in [0, 0.05) is 18.4 Å². The van der Waals surface area contributed by atoms with Crippen LogP contribution in [-0.4, -0.2) is 9.97 Å². The van der Waals surface area contributed by atoms with Crippen LogP contribution in [0.15, 0.2) is 30.5 Å². The standard InChI is InChI=1S/C13H13F3N4/c1-8-9(3-2-4-10(8)17)7-19-12-18-6-5-11(20-12)13(14,15)16/h2-6H,7,17H2,1H3,(H,18,19,20). The second-order valence-electron chi connectivity index (χ2n) is 4.25. The second kappa shape index (κ2) is 5.36. The highest BCUT2D eigenvalue weighted by Gasteiger charge is 2.32. The molecule has 0 atom stereocenters. The molecule has 2 rings (SSSR count). The fraction of sp³-hybridized carbons (Fsp3) is 0.231. The zero-order valence-electron chi connectivity index (χ0n) is 10.7. The first-order valence-electron chi connectivity index (χ1n) is 5.86. The minimum atomic E-state index is -4.48. The summed E-state index contributed by atoms with van der Waals surface area (Å²) in [6, 6.07) is 6.22. The third-order valence-electron chi connectivity index (χ3n) is 2.87. The van der Waals surface area contributed by atoms with Crippen LogP contribution in [0.1, 0.15) is 16.8 Å². The van der Waals surface area contributed by atoms with Crippen molar-refractivity contribution < 1.29 is 13.2 Å². The van der Waals surface area contributed by atoms with Crippen molar-refractivity contribution in [1.82, 2.24) is 9.97 Å². The number of nitrogens with zero attached hydrogens (tertiary/aromatic N) is 2. The number of nitrogens with two attached hydrogens (primary N) is 1. The highest BCUT2D eigenvalue weighted by atomic mass is 19.4. The third-order valence-corrected chi connectivity index (χ3v) is 2.87. The molecule has 0 aliphatic carbocycles. The van der Waals surface area contributed by atoms with Gasteiger partial charge >= 0.3 is 6.18 Å². The van der Waals surface area contributed by atoms with Crippen LogP contribution in [-0.2, 0) is 12.7 Å². The van der Waals surface area contributed by atoms with Gasteiger partial charge in [0.25, 0.3) is 0 Å². The summed E-state index contributed by atoms with van der Waals surface area (Å²) in [6.07, 6.45) is -3.41. The van der Waals surface area contributed by atoms with Crippen LogP contribution < -0.4 is 11.1 Å². The average molecular weight is 282 g/mol. The lowest BCUT2D eigenvalue weighted by molar-refractivity contribution is -0.141. The Hall–Kier alpha value is -2.31. The molecule has 0 bridgehead atoms. The van der Waals surface area contributed by atoms with Crippen molar-refractivity contribution in [3.8, 4) is 0 Å². The Kier molecular flexibility index (Phi) is 3.78. The molecule has 0 saturated heterocycles. The molecular weight excluding hydrogens is 269 g/mol. The Bertz CT molecular complexity index is 611. The van der Waals surface area contributed by atoms with Crippen molar-refractivity contribution in [2.75, 3.05) is 11.1 Å². The molecule has 0 radical (unpaired) electrons. The van der Waals surface area contributed by atoms with Gasteiger partial charge in [-0.2, -0.15) is 13.2 Å². The van der Waals surface area contributed by atoms with Gasteiger partial charge in [-0.1, -0.05) is 12.1 Å². The largest absolute Gasteiger partial charge is 0.433 e. The van der Waals surface area contributed by atoms with E-state index in [0.717, 1.165) is 23.4 Å². The zero-order chi connectivity index (χ0) is 14.8. The first-order valence-corrected chi connectivity index (χ1v) is 5.86. The van der Waals surface area contributed by atoms with Gasteiger partial charge in [0.05, 0.1) is 0 Å². The molecule has 0 aliphatic rings. The lowest BCUT2D eigenvalue weighted by atomic mass is 10.1. The summed E-state index contributed by atoms with van der Waals surface area (Å²) >= 11 is 0. The molecule has 1 aromatic heterocycles. The van der Waals surface area contributed by atoms with E-state index in [2.05, 4.69) is 15.3 Å². The normalized spacial score (nSPS) is 11.4. The minimum Gasteiger partial charge on any atom is -0.399 e. The molecule has 1 heterocycles. The average Bonchev–Trinajstić information content (AvgIpc) is 2.40. The quantitative estimate of drug-likeness (QED) is 0.849. The van der Waals surface area contributed by atoms with E-state index >= 15 is 0 Å². The molecule has 0 saturated carbocycles. The maximum absolute atomic E-state index is 12.5. The van der Waals surface area contributed by atoms with Gasteiger partial charge in [-0.05, 0) is 30.2 Å². The smallest absolute Gasteiger partial charge is 0.399 e. The van der Waals surface area contributed by atoms with Crippen LogP contribution in [0.5, 0.6) is 0 Å². The first-order chi connectivity index (χ1) is 9.38. The van der Waals surface area contributed by atoms with E-state index in [1.54, 1.807) is 12.1 Å². The monoisotopic (exact) mass is 282 g/mol. The molecule has 0 fully saturated rings. The van der Waals surface area contributed by atoms with Gasteiger partial charge in [0.2, 0.25) is 5.95 Å². The van der Waals surface area contributed by atoms with E-state index in [4.69, 9.17) is 5.73 Å². The molecule has 3 N–H and O–H groups in total. The molecule has 4 nitrogen and oxygen atoms in total. The fourth-order valence-electron chi connectivity index (χ4n) is 1.67. The maximum Gasteiger partial charge on any atom is 0.433 e. The number of aromatic nitrogens is 2. The topological polar surface area (TPSA) is 63.8 Å². The molecule has 2 aromatic rings. The Morgan fingerprint density at radius 1 is 1.25 bits per heavy atom. The van der Waals surface area contributed by atoms with Crippen LogP contribution >= 0.6 is 0 Å². The van der Waals surface area contributed by atoms with Crippen molar-refractivity contribution in [3.05, 3.63) is 47.3 Å². The van der Waals surface area contributed by atoms with Crippen molar-refractivity contribution in [2.24, 2.45) is 0 Å². The van der Waals surface area contributed by atoms with Gasteiger partial charge in [-0.15, -0.1) is 0 Å². The fourth-order valence-corrected chi connectivity index (χ4v) is 1.67. The van der Waals surface area contributed by atoms with E-state index in [9.17, 15) is 13.2 Å². The molecule has 106 valence electrons. The van der Waals surface area contributed by atoms with Crippen LogP contribution in [0.4, 0.5) is 24.8 Å². The molecule has 1 aromatic carbocycles. The highest BCUT2D eigenvalue weighted by molar-refractivity contribution is 5.50. The van der Waals surface area contributed by atoms with Crippen LogP contribution in [0.3, 0.4) is 0 Å². The van der Waals surface area contributed by atoms with Crippen LogP contribution in [0, 0.1) is 6.92 Å². The first kappa shape index (κ1) is 14.1. The summed E-state index contributed by atoms with van der Waals surface area (Å²) in [5.41, 5.74) is 7.19. The van der Waals surface area contributed by atoms with Crippen molar-refractivity contribution in [3.63, 3.8) is 0 Å². The molecule has 20 heavy (non-hydrogen) atoms. The molecule has 0 spiro atoms. The second-order valence-corrected chi connectivity index (χ2v) is 4.25. The Labute approximate surface area is 113 Å². The number of rotatable bonds is 3. The minimum absolute atomic E-state index is 0.0679. The summed E-state index contributed by atoms with van der Waals surface area (Å²) < 4.78 is 37.5. The molecule has 0 aliphatic heterocycles. The summed E-state index contributed by atoms with van der Waals surface area (Å²) in [7, 11) is 0. The van der Waals surface area contributed by atoms with Crippen molar-refractivity contribution in [1.29, 1.82) is 0 Å². The van der Waals surface area contributed by atoms with Crippen molar-refractivity contribution in [2.45, 2.75) is 19.6 Å². The number of benzene rings is 1. The van der Waals surface area contributed by atoms with Crippen molar-refractivity contribution >= 4 is 11.6 Å². The number of hydrogen-bond donors (Lipinski definition) is 2. The maximum atomic E-state index is 12.5. The van der Waals surface area contributed by atoms with Gasteiger partial charge in [-0.3, -0.25) is 0 Å². The Morgan fingerprint density at radius 3 is 2.70 bits per heavy atom. The number of alkyl halides is 3. The van der Waals surface area contributed by atoms with Gasteiger partial charge in [-0.25, -0.2) is 9.97 Å². The molecular formula is C13H13F3N4. The number of hydrogen-bond acceptors (Lipinski definition) is 4. The number of anilines is 2. The zero-order valence-corrected chi connectivity index (χ0v) is 10.7. The summed E-state index contributed by atoms with van der Waals surface area (Å²) in [5, 5.41) is 2.76. The Morgan fingerprint density at radius 2 is 2.00 bits per heavy atom. The highest BCUT2D eigenvalue weighted by Crippen LogP contribution is 2.27. The lowest BCUT2D eigenvalue weighted by Gasteiger charge is -2.11. The van der Waals surface area contributed by atoms with Gasteiger partial charge < -0.3 is 11.1 Å². The molecule has 7 heteroatoms. The third kappa shape index (κ3) is 3.17. The van der Waals surface area contributed by atoms with E-state index in [1.165, 1.54) is 0 Å². The number of halogens is 3. The Balaban J connectivity index is 2.13. The van der Waals surface area contributed by atoms with Gasteiger partial charge in [0.15, 0.2) is 0 Å². The molecule has 0 amide bonds. The van der Waals surface area contributed by atoms with E-state index in [-0.39, 0.29) is 5.95 Å².